The van der Waals surface area contributed by atoms with Crippen molar-refractivity contribution in [2.75, 3.05) is 6.54 Å². The Hall–Kier alpha value is -3.45. The van der Waals surface area contributed by atoms with Gasteiger partial charge in [0.1, 0.15) is 22.3 Å². The van der Waals surface area contributed by atoms with Crippen molar-refractivity contribution in [3.63, 3.8) is 0 Å². The van der Waals surface area contributed by atoms with Crippen LogP contribution in [0.2, 0.25) is 0 Å². The van der Waals surface area contributed by atoms with Gasteiger partial charge in [0.2, 0.25) is 0 Å². The summed E-state index contributed by atoms with van der Waals surface area (Å²) in [6.45, 7) is 2.60. The second-order valence-corrected chi connectivity index (χ2v) is 7.54. The molecular weight excluding hydrogens is 396 g/mol. The van der Waals surface area contributed by atoms with Crippen molar-refractivity contribution in [3.8, 4) is 22.1 Å². The maximum absolute atomic E-state index is 11.9. The molecule has 4 aromatic rings. The third-order valence-corrected chi connectivity index (χ3v) is 5.39. The Morgan fingerprint density at radius 1 is 1.13 bits per heavy atom. The molecule has 0 bridgehead atoms. The Morgan fingerprint density at radius 2 is 1.93 bits per heavy atom. The highest BCUT2D eigenvalue weighted by atomic mass is 32.1. The van der Waals surface area contributed by atoms with Crippen LogP contribution in [0, 0.1) is 0 Å². The zero-order valence-corrected chi connectivity index (χ0v) is 17.4. The molecule has 0 radical (unpaired) electrons. The highest BCUT2D eigenvalue weighted by Crippen LogP contribution is 2.24. The van der Waals surface area contributed by atoms with Gasteiger partial charge < -0.3 is 14.6 Å². The molecule has 7 heteroatoms. The Balaban J connectivity index is 1.36. The summed E-state index contributed by atoms with van der Waals surface area (Å²) in [7, 11) is 0. The van der Waals surface area contributed by atoms with E-state index >= 15 is 0 Å². The molecule has 0 saturated carbocycles. The summed E-state index contributed by atoms with van der Waals surface area (Å²) in [5.74, 6) is 1.53. The number of carbonyl (C=O) groups is 1. The number of hydrogen-bond donors (Lipinski definition) is 1. The van der Waals surface area contributed by atoms with Gasteiger partial charge in [-0.3, -0.25) is 0 Å². The molecule has 1 amide bonds. The van der Waals surface area contributed by atoms with Gasteiger partial charge in [0.05, 0.1) is 0 Å². The fraction of sp³-hybridized carbons (Fsp3) is 0.174. The van der Waals surface area contributed by atoms with E-state index in [4.69, 9.17) is 9.72 Å². The van der Waals surface area contributed by atoms with Crippen molar-refractivity contribution in [2.24, 2.45) is 0 Å². The number of para-hydroxylation sites is 1. The number of aryl methyl sites for hydroxylation is 1. The smallest absolute Gasteiger partial charge is 0.410 e. The van der Waals surface area contributed by atoms with Gasteiger partial charge in [-0.1, -0.05) is 37.3 Å². The average Bonchev–Trinajstić information content (AvgIpc) is 3.45. The Kier molecular flexibility index (Phi) is 6.20. The first-order valence-electron chi connectivity index (χ1n) is 9.81. The maximum Gasteiger partial charge on any atom is 0.412 e. The van der Waals surface area contributed by atoms with E-state index in [1.807, 2.05) is 29.8 Å². The van der Waals surface area contributed by atoms with Gasteiger partial charge >= 0.3 is 6.09 Å². The second kappa shape index (κ2) is 9.37. The molecule has 1 N–H and O–H groups in total. The lowest BCUT2D eigenvalue weighted by Crippen LogP contribution is -2.28. The van der Waals surface area contributed by atoms with Crippen LogP contribution in [0.1, 0.15) is 18.3 Å². The minimum atomic E-state index is -0.446. The number of thiazole rings is 1. The lowest BCUT2D eigenvalue weighted by Gasteiger charge is -2.09. The number of hydrogen-bond acceptors (Lipinski definition) is 5. The van der Waals surface area contributed by atoms with Crippen molar-refractivity contribution in [1.82, 2.24) is 19.9 Å². The number of amides is 1. The summed E-state index contributed by atoms with van der Waals surface area (Å²) in [5, 5.41) is 5.66. The average molecular weight is 419 g/mol. The van der Waals surface area contributed by atoms with E-state index in [9.17, 15) is 4.79 Å². The SMILES string of the molecule is CCc1nc(-c2nccs2)cn1-c1ccc(CCNC(=O)Oc2ccccc2)cc1. The van der Waals surface area contributed by atoms with Crippen molar-refractivity contribution in [1.29, 1.82) is 0 Å². The van der Waals surface area contributed by atoms with Crippen LogP contribution in [-0.2, 0) is 12.8 Å². The summed E-state index contributed by atoms with van der Waals surface area (Å²) >= 11 is 1.59. The number of carbonyl (C=O) groups excluding carboxylic acids is 1. The van der Waals surface area contributed by atoms with E-state index in [2.05, 4.69) is 46.1 Å². The molecule has 0 atom stereocenters. The molecular formula is C23H22N4O2S. The quantitative estimate of drug-likeness (QED) is 0.464. The van der Waals surface area contributed by atoms with E-state index in [-0.39, 0.29) is 0 Å². The van der Waals surface area contributed by atoms with Gasteiger partial charge in [0, 0.05) is 36.4 Å². The Labute approximate surface area is 179 Å². The molecule has 4 rings (SSSR count). The largest absolute Gasteiger partial charge is 0.412 e. The minimum absolute atomic E-state index is 0.446. The first-order valence-corrected chi connectivity index (χ1v) is 10.7. The van der Waals surface area contributed by atoms with Gasteiger partial charge in [-0.2, -0.15) is 0 Å². The molecule has 0 aliphatic rings. The van der Waals surface area contributed by atoms with Gasteiger partial charge in [-0.05, 0) is 36.2 Å². The molecule has 0 aliphatic heterocycles. The van der Waals surface area contributed by atoms with Gasteiger partial charge in [-0.25, -0.2) is 14.8 Å². The molecule has 2 aromatic carbocycles. The number of nitrogens with zero attached hydrogens (tertiary/aromatic N) is 3. The lowest BCUT2D eigenvalue weighted by atomic mass is 10.1. The van der Waals surface area contributed by atoms with Crippen molar-refractivity contribution in [2.45, 2.75) is 19.8 Å². The van der Waals surface area contributed by atoms with E-state index in [0.29, 0.717) is 12.3 Å². The van der Waals surface area contributed by atoms with Crippen molar-refractivity contribution >= 4 is 17.4 Å². The zero-order valence-electron chi connectivity index (χ0n) is 16.6. The van der Waals surface area contributed by atoms with E-state index < -0.39 is 6.09 Å². The van der Waals surface area contributed by atoms with Gasteiger partial charge in [-0.15, -0.1) is 11.3 Å². The summed E-state index contributed by atoms with van der Waals surface area (Å²) in [4.78, 5) is 20.9. The lowest BCUT2D eigenvalue weighted by molar-refractivity contribution is 0.200. The van der Waals surface area contributed by atoms with Crippen LogP contribution in [0.4, 0.5) is 4.79 Å². The molecule has 0 unspecified atom stereocenters. The van der Waals surface area contributed by atoms with Gasteiger partial charge in [0.25, 0.3) is 0 Å². The fourth-order valence-electron chi connectivity index (χ4n) is 3.11. The monoisotopic (exact) mass is 418 g/mol. The van der Waals surface area contributed by atoms with Crippen LogP contribution in [0.3, 0.4) is 0 Å². The molecule has 30 heavy (non-hydrogen) atoms. The topological polar surface area (TPSA) is 69.0 Å². The number of rotatable bonds is 7. The number of benzene rings is 2. The standard InChI is InChI=1S/C23H22N4O2S/c1-2-21-26-20(22-24-14-15-30-22)16-27(21)18-10-8-17(9-11-18)12-13-25-23(28)29-19-6-4-3-5-7-19/h3-11,14-16H,2,12-13H2,1H3,(H,25,28). The second-order valence-electron chi connectivity index (χ2n) is 6.65. The summed E-state index contributed by atoms with van der Waals surface area (Å²) in [5.41, 5.74) is 3.09. The van der Waals surface area contributed by atoms with Crippen LogP contribution < -0.4 is 10.1 Å². The van der Waals surface area contributed by atoms with Crippen LogP contribution in [0.25, 0.3) is 16.4 Å². The third kappa shape index (κ3) is 4.75. The number of aromatic nitrogens is 3. The molecule has 6 nitrogen and oxygen atoms in total. The molecule has 152 valence electrons. The van der Waals surface area contributed by atoms with Crippen LogP contribution in [0.5, 0.6) is 5.75 Å². The first-order chi connectivity index (χ1) is 14.7. The highest BCUT2D eigenvalue weighted by molar-refractivity contribution is 7.13. The van der Waals surface area contributed by atoms with Crippen molar-refractivity contribution in [3.05, 3.63) is 83.8 Å². The van der Waals surface area contributed by atoms with Gasteiger partial charge in [0.15, 0.2) is 0 Å². The predicted octanol–water partition coefficient (Wildman–Crippen LogP) is 4.89. The minimum Gasteiger partial charge on any atom is -0.410 e. The summed E-state index contributed by atoms with van der Waals surface area (Å²) in [6.07, 6.45) is 4.94. The number of imidazole rings is 1. The van der Waals surface area contributed by atoms with E-state index in [1.54, 1.807) is 29.7 Å². The normalized spacial score (nSPS) is 10.7. The third-order valence-electron chi connectivity index (χ3n) is 4.60. The van der Waals surface area contributed by atoms with Crippen molar-refractivity contribution < 1.29 is 9.53 Å². The maximum atomic E-state index is 11.9. The summed E-state index contributed by atoms with van der Waals surface area (Å²) < 4.78 is 7.33. The highest BCUT2D eigenvalue weighted by Gasteiger charge is 2.11. The molecule has 0 spiro atoms. The molecule has 0 fully saturated rings. The fourth-order valence-corrected chi connectivity index (χ4v) is 3.70. The number of nitrogens with one attached hydrogen (secondary N) is 1. The van der Waals surface area contributed by atoms with Crippen LogP contribution in [-0.4, -0.2) is 27.2 Å². The molecule has 2 heterocycles. The molecule has 0 saturated heterocycles. The van der Waals surface area contributed by atoms with Crippen LogP contribution in [0.15, 0.2) is 72.4 Å². The Morgan fingerprint density at radius 3 is 2.63 bits per heavy atom. The number of ether oxygens (including phenoxy) is 1. The Bertz CT molecular complexity index is 1090. The predicted molar refractivity (Wildman–Crippen MR) is 118 cm³/mol. The first kappa shape index (κ1) is 19.8. The molecule has 2 aromatic heterocycles. The zero-order chi connectivity index (χ0) is 20.8. The molecule has 0 aliphatic carbocycles. The van der Waals surface area contributed by atoms with Crippen LogP contribution >= 0.6 is 11.3 Å². The van der Waals surface area contributed by atoms with E-state index in [0.717, 1.165) is 40.6 Å². The summed E-state index contributed by atoms with van der Waals surface area (Å²) in [6, 6.07) is 17.3. The van der Waals surface area contributed by atoms with E-state index in [1.165, 1.54) is 0 Å².